The van der Waals surface area contributed by atoms with Crippen molar-refractivity contribution in [2.24, 2.45) is 5.10 Å². The molecule has 0 spiro atoms. The van der Waals surface area contributed by atoms with Gasteiger partial charge >= 0.3 is 0 Å². The van der Waals surface area contributed by atoms with Crippen LogP contribution >= 0.6 is 0 Å². The van der Waals surface area contributed by atoms with E-state index in [2.05, 4.69) is 67.2 Å². The normalized spacial score (nSPS) is 15.9. The van der Waals surface area contributed by atoms with Crippen LogP contribution in [0.2, 0.25) is 0 Å². The van der Waals surface area contributed by atoms with E-state index in [-0.39, 0.29) is 5.41 Å². The Hall–Kier alpha value is -2.16. The standard InChI is InChI=1S/C21H28N3/c1-21(2,3)19-11-15-24(16-12-19)22-17-18-7-9-20(10-8-18)23-13-5-4-6-14-23/h7-12,15-17H,4-6,13-14H2,1-3H3/q+1/b22-17+. The SMILES string of the molecule is CC(C)(C)c1cc[n+](/N=C/c2ccc(N3CCCCC3)cc2)cc1. The van der Waals surface area contributed by atoms with Crippen molar-refractivity contribution >= 4 is 11.9 Å². The fourth-order valence-corrected chi connectivity index (χ4v) is 3.05. The molecule has 3 rings (SSSR count). The first-order valence-electron chi connectivity index (χ1n) is 8.93. The highest BCUT2D eigenvalue weighted by Gasteiger charge is 2.14. The molecule has 1 fully saturated rings. The number of hydrogen-bond acceptors (Lipinski definition) is 2. The van der Waals surface area contributed by atoms with Crippen molar-refractivity contribution < 1.29 is 4.68 Å². The predicted molar refractivity (Wildman–Crippen MR) is 101 cm³/mol. The van der Waals surface area contributed by atoms with Gasteiger partial charge in [-0.15, -0.1) is 0 Å². The van der Waals surface area contributed by atoms with E-state index in [0.29, 0.717) is 0 Å². The summed E-state index contributed by atoms with van der Waals surface area (Å²) in [6, 6.07) is 13.0. The fourth-order valence-electron chi connectivity index (χ4n) is 3.05. The van der Waals surface area contributed by atoms with E-state index in [1.165, 1.54) is 43.6 Å². The van der Waals surface area contributed by atoms with Crippen molar-refractivity contribution in [1.29, 1.82) is 0 Å². The minimum atomic E-state index is 0.174. The van der Waals surface area contributed by atoms with Gasteiger partial charge in [0.1, 0.15) is 6.21 Å². The van der Waals surface area contributed by atoms with Gasteiger partial charge in [0.2, 0.25) is 12.4 Å². The molecule has 0 bridgehead atoms. The van der Waals surface area contributed by atoms with Crippen molar-refractivity contribution in [3.05, 3.63) is 59.9 Å². The van der Waals surface area contributed by atoms with Gasteiger partial charge in [0.25, 0.3) is 0 Å². The van der Waals surface area contributed by atoms with Crippen LogP contribution in [-0.4, -0.2) is 19.3 Å². The molecule has 2 heterocycles. The molecule has 0 amide bonds. The van der Waals surface area contributed by atoms with Crippen molar-refractivity contribution in [3.8, 4) is 0 Å². The largest absolute Gasteiger partial charge is 0.372 e. The summed E-state index contributed by atoms with van der Waals surface area (Å²) in [5, 5.41) is 4.52. The van der Waals surface area contributed by atoms with Crippen LogP contribution in [0, 0.1) is 0 Å². The Labute approximate surface area is 145 Å². The average Bonchev–Trinajstić information content (AvgIpc) is 2.61. The second-order valence-corrected chi connectivity index (χ2v) is 7.60. The molecule has 0 saturated carbocycles. The number of nitrogens with zero attached hydrogens (tertiary/aromatic N) is 3. The highest BCUT2D eigenvalue weighted by molar-refractivity contribution is 5.79. The quantitative estimate of drug-likeness (QED) is 0.614. The molecule has 1 aliphatic rings. The van der Waals surface area contributed by atoms with E-state index < -0.39 is 0 Å². The van der Waals surface area contributed by atoms with E-state index in [1.807, 2.05) is 23.3 Å². The lowest BCUT2D eigenvalue weighted by Gasteiger charge is -2.28. The average molecular weight is 322 g/mol. The molecule has 0 unspecified atom stereocenters. The molecule has 0 atom stereocenters. The molecule has 0 N–H and O–H groups in total. The third-order valence-electron chi connectivity index (χ3n) is 4.63. The van der Waals surface area contributed by atoms with Crippen molar-refractivity contribution in [3.63, 3.8) is 0 Å². The zero-order valence-electron chi connectivity index (χ0n) is 15.1. The van der Waals surface area contributed by atoms with Crippen LogP contribution in [0.25, 0.3) is 0 Å². The number of piperidine rings is 1. The monoisotopic (exact) mass is 322 g/mol. The minimum absolute atomic E-state index is 0.174. The van der Waals surface area contributed by atoms with Crippen LogP contribution in [0.15, 0.2) is 53.9 Å². The van der Waals surface area contributed by atoms with E-state index in [9.17, 15) is 0 Å². The number of rotatable bonds is 3. The van der Waals surface area contributed by atoms with Gasteiger partial charge in [0.15, 0.2) is 0 Å². The molecule has 3 heteroatoms. The Morgan fingerprint density at radius 1 is 0.917 bits per heavy atom. The maximum Gasteiger partial charge on any atom is 0.202 e. The molecule has 24 heavy (non-hydrogen) atoms. The van der Waals surface area contributed by atoms with E-state index in [1.54, 1.807) is 0 Å². The molecule has 0 radical (unpaired) electrons. The van der Waals surface area contributed by atoms with E-state index in [0.717, 1.165) is 5.56 Å². The second-order valence-electron chi connectivity index (χ2n) is 7.60. The van der Waals surface area contributed by atoms with Crippen molar-refractivity contribution in [2.45, 2.75) is 45.4 Å². The Morgan fingerprint density at radius 3 is 2.12 bits per heavy atom. The highest BCUT2D eigenvalue weighted by Crippen LogP contribution is 2.21. The Morgan fingerprint density at radius 2 is 1.54 bits per heavy atom. The summed E-state index contributed by atoms with van der Waals surface area (Å²) < 4.78 is 1.85. The summed E-state index contributed by atoms with van der Waals surface area (Å²) in [6.07, 6.45) is 9.93. The lowest BCUT2D eigenvalue weighted by Crippen LogP contribution is -2.29. The van der Waals surface area contributed by atoms with Crippen LogP contribution in [0.3, 0.4) is 0 Å². The van der Waals surface area contributed by atoms with E-state index >= 15 is 0 Å². The molecular weight excluding hydrogens is 294 g/mol. The smallest absolute Gasteiger partial charge is 0.202 e. The maximum atomic E-state index is 4.52. The maximum absolute atomic E-state index is 4.52. The molecule has 1 aromatic heterocycles. The number of hydrogen-bond donors (Lipinski definition) is 0. The van der Waals surface area contributed by atoms with Gasteiger partial charge in [-0.2, -0.15) is 0 Å². The number of aromatic nitrogens is 1. The third kappa shape index (κ3) is 4.22. The van der Waals surface area contributed by atoms with Crippen LogP contribution in [0.1, 0.15) is 51.2 Å². The molecule has 3 nitrogen and oxygen atoms in total. The number of pyridine rings is 1. The summed E-state index contributed by atoms with van der Waals surface area (Å²) in [5.41, 5.74) is 3.95. The Bertz CT molecular complexity index is 673. The van der Waals surface area contributed by atoms with Gasteiger partial charge < -0.3 is 4.90 Å². The van der Waals surface area contributed by atoms with Gasteiger partial charge in [0, 0.05) is 30.9 Å². The third-order valence-corrected chi connectivity index (χ3v) is 4.63. The van der Waals surface area contributed by atoms with Crippen LogP contribution in [0.4, 0.5) is 5.69 Å². The summed E-state index contributed by atoms with van der Waals surface area (Å²) in [6.45, 7) is 9.03. The van der Waals surface area contributed by atoms with Gasteiger partial charge in [-0.05, 0) is 53.0 Å². The zero-order valence-corrected chi connectivity index (χ0v) is 15.1. The molecule has 2 aromatic rings. The molecule has 1 saturated heterocycles. The van der Waals surface area contributed by atoms with Gasteiger partial charge in [-0.3, -0.25) is 0 Å². The lowest BCUT2D eigenvalue weighted by atomic mass is 9.88. The number of benzene rings is 1. The summed E-state index contributed by atoms with van der Waals surface area (Å²) in [7, 11) is 0. The second kappa shape index (κ2) is 7.16. The summed E-state index contributed by atoms with van der Waals surface area (Å²) in [4.78, 5) is 2.48. The lowest BCUT2D eigenvalue weighted by molar-refractivity contribution is -0.678. The summed E-state index contributed by atoms with van der Waals surface area (Å²) >= 11 is 0. The highest BCUT2D eigenvalue weighted by atomic mass is 15.3. The fraction of sp³-hybridized carbons (Fsp3) is 0.429. The molecule has 1 aromatic carbocycles. The van der Waals surface area contributed by atoms with Crippen LogP contribution in [0.5, 0.6) is 0 Å². The van der Waals surface area contributed by atoms with E-state index in [4.69, 9.17) is 0 Å². The van der Waals surface area contributed by atoms with Gasteiger partial charge in [-0.1, -0.05) is 37.6 Å². The van der Waals surface area contributed by atoms with Gasteiger partial charge in [-0.25, -0.2) is 0 Å². The molecular formula is C21H28N3+. The first-order chi connectivity index (χ1) is 11.5. The van der Waals surface area contributed by atoms with Crippen molar-refractivity contribution in [1.82, 2.24) is 0 Å². The van der Waals surface area contributed by atoms with Gasteiger partial charge in [0.05, 0.1) is 0 Å². The first-order valence-corrected chi connectivity index (χ1v) is 8.93. The van der Waals surface area contributed by atoms with Crippen molar-refractivity contribution in [2.75, 3.05) is 18.0 Å². The molecule has 0 aliphatic carbocycles. The zero-order chi connectivity index (χ0) is 17.0. The molecule has 126 valence electrons. The molecule has 1 aliphatic heterocycles. The predicted octanol–water partition coefficient (Wildman–Crippen LogP) is 4.14. The topological polar surface area (TPSA) is 19.5 Å². The Kier molecular flexibility index (Phi) is 4.98. The van der Waals surface area contributed by atoms with Crippen LogP contribution < -0.4 is 9.58 Å². The minimum Gasteiger partial charge on any atom is -0.372 e. The first kappa shape index (κ1) is 16.7. The Balaban J connectivity index is 1.66. The van der Waals surface area contributed by atoms with Crippen LogP contribution in [-0.2, 0) is 5.41 Å². The summed E-state index contributed by atoms with van der Waals surface area (Å²) in [5.74, 6) is 0. The number of anilines is 1.